The molecule has 1 amide bonds. The number of hydrogen-bond acceptors (Lipinski definition) is 3. The van der Waals surface area contributed by atoms with Gasteiger partial charge in [0.05, 0.1) is 5.02 Å². The Morgan fingerprint density at radius 1 is 1.00 bits per heavy atom. The lowest BCUT2D eigenvalue weighted by Crippen LogP contribution is -2.06. The summed E-state index contributed by atoms with van der Waals surface area (Å²) in [5, 5.41) is 6.41. The van der Waals surface area contributed by atoms with E-state index in [1.54, 1.807) is 6.07 Å². The van der Waals surface area contributed by atoms with Crippen LogP contribution >= 0.6 is 11.6 Å². The number of halogens is 2. The van der Waals surface area contributed by atoms with Gasteiger partial charge in [0.15, 0.2) is 0 Å². The first-order chi connectivity index (χ1) is 13.5. The third-order valence-corrected chi connectivity index (χ3v) is 4.41. The SMILES string of the molecule is CC(=O)Nc1ccc(NCc2ccccc2OCc2ccc(F)cc2Cl)cc1. The summed E-state index contributed by atoms with van der Waals surface area (Å²) in [5.41, 5.74) is 3.37. The van der Waals surface area contributed by atoms with Crippen molar-refractivity contribution < 1.29 is 13.9 Å². The first kappa shape index (κ1) is 19.7. The molecule has 0 aliphatic carbocycles. The van der Waals surface area contributed by atoms with Crippen molar-refractivity contribution in [1.29, 1.82) is 0 Å². The lowest BCUT2D eigenvalue weighted by molar-refractivity contribution is -0.114. The van der Waals surface area contributed by atoms with Crippen molar-refractivity contribution in [3.63, 3.8) is 0 Å². The second-order valence-corrected chi connectivity index (χ2v) is 6.65. The molecule has 0 heterocycles. The van der Waals surface area contributed by atoms with Crippen molar-refractivity contribution in [2.75, 3.05) is 10.6 Å². The van der Waals surface area contributed by atoms with Gasteiger partial charge >= 0.3 is 0 Å². The average Bonchev–Trinajstić information content (AvgIpc) is 2.67. The second-order valence-electron chi connectivity index (χ2n) is 6.24. The lowest BCUT2D eigenvalue weighted by atomic mass is 10.2. The molecule has 0 spiro atoms. The first-order valence-electron chi connectivity index (χ1n) is 8.77. The molecule has 2 N–H and O–H groups in total. The van der Waals surface area contributed by atoms with Gasteiger partial charge in [-0.05, 0) is 42.5 Å². The highest BCUT2D eigenvalue weighted by Crippen LogP contribution is 2.24. The maximum Gasteiger partial charge on any atom is 0.221 e. The van der Waals surface area contributed by atoms with E-state index in [-0.39, 0.29) is 18.3 Å². The van der Waals surface area contributed by atoms with Crippen LogP contribution < -0.4 is 15.4 Å². The van der Waals surface area contributed by atoms with Gasteiger partial charge < -0.3 is 15.4 Å². The highest BCUT2D eigenvalue weighted by molar-refractivity contribution is 6.31. The zero-order valence-corrected chi connectivity index (χ0v) is 16.1. The molecule has 28 heavy (non-hydrogen) atoms. The standard InChI is InChI=1S/C22H20ClFN2O2/c1-15(27)26-20-10-8-19(9-11-20)25-13-16-4-2-3-5-22(16)28-14-17-6-7-18(24)12-21(17)23/h2-12,25H,13-14H2,1H3,(H,26,27). The van der Waals surface area contributed by atoms with Crippen molar-refractivity contribution >= 4 is 28.9 Å². The summed E-state index contributed by atoms with van der Waals surface area (Å²) >= 11 is 6.06. The van der Waals surface area contributed by atoms with Crippen LogP contribution in [0.5, 0.6) is 5.75 Å². The van der Waals surface area contributed by atoms with Crippen LogP contribution in [-0.2, 0) is 17.9 Å². The topological polar surface area (TPSA) is 50.4 Å². The molecule has 0 saturated carbocycles. The molecule has 4 nitrogen and oxygen atoms in total. The van der Waals surface area contributed by atoms with Crippen LogP contribution in [0.1, 0.15) is 18.1 Å². The second kappa shape index (κ2) is 9.24. The molecule has 0 aliphatic heterocycles. The highest BCUT2D eigenvalue weighted by atomic mass is 35.5. The van der Waals surface area contributed by atoms with Crippen molar-refractivity contribution in [3.05, 3.63) is 88.7 Å². The van der Waals surface area contributed by atoms with Gasteiger partial charge in [0.2, 0.25) is 5.91 Å². The predicted molar refractivity (Wildman–Crippen MR) is 110 cm³/mol. The Hall–Kier alpha value is -3.05. The number of para-hydroxylation sites is 1. The zero-order chi connectivity index (χ0) is 19.9. The van der Waals surface area contributed by atoms with Gasteiger partial charge in [-0.15, -0.1) is 0 Å². The minimum atomic E-state index is -0.372. The Morgan fingerprint density at radius 3 is 2.43 bits per heavy atom. The maximum absolute atomic E-state index is 13.2. The summed E-state index contributed by atoms with van der Waals surface area (Å²) in [4.78, 5) is 11.1. The number of carbonyl (C=O) groups excluding carboxylic acids is 1. The molecular formula is C22H20ClFN2O2. The van der Waals surface area contributed by atoms with E-state index in [1.165, 1.54) is 19.1 Å². The minimum absolute atomic E-state index is 0.104. The largest absolute Gasteiger partial charge is 0.488 e. The highest BCUT2D eigenvalue weighted by Gasteiger charge is 2.07. The number of hydrogen-bond donors (Lipinski definition) is 2. The first-order valence-corrected chi connectivity index (χ1v) is 9.15. The molecule has 3 aromatic carbocycles. The Morgan fingerprint density at radius 2 is 1.71 bits per heavy atom. The fourth-order valence-electron chi connectivity index (χ4n) is 2.66. The van der Waals surface area contributed by atoms with E-state index in [9.17, 15) is 9.18 Å². The number of anilines is 2. The molecule has 0 fully saturated rings. The van der Waals surface area contributed by atoms with Gasteiger partial charge in [-0.25, -0.2) is 4.39 Å². The Bertz CT molecular complexity index is 961. The summed E-state index contributed by atoms with van der Waals surface area (Å²) in [5.74, 6) is 0.251. The van der Waals surface area contributed by atoms with Crippen molar-refractivity contribution in [3.8, 4) is 5.75 Å². The molecule has 6 heteroatoms. The van der Waals surface area contributed by atoms with E-state index in [0.29, 0.717) is 11.6 Å². The van der Waals surface area contributed by atoms with E-state index >= 15 is 0 Å². The van der Waals surface area contributed by atoms with Gasteiger partial charge in [0.25, 0.3) is 0 Å². The summed E-state index contributed by atoms with van der Waals surface area (Å²) in [6, 6.07) is 19.4. The number of rotatable bonds is 7. The third-order valence-electron chi connectivity index (χ3n) is 4.06. The third kappa shape index (κ3) is 5.47. The molecule has 144 valence electrons. The number of amides is 1. The molecular weight excluding hydrogens is 379 g/mol. The van der Waals surface area contributed by atoms with Crippen LogP contribution in [0.4, 0.5) is 15.8 Å². The molecule has 0 saturated heterocycles. The Labute approximate surface area is 168 Å². The number of carbonyl (C=O) groups is 1. The van der Waals surface area contributed by atoms with Crippen LogP contribution in [0, 0.1) is 5.82 Å². The molecule has 3 rings (SSSR count). The minimum Gasteiger partial charge on any atom is -0.488 e. The normalized spacial score (nSPS) is 10.4. The summed E-state index contributed by atoms with van der Waals surface area (Å²) in [7, 11) is 0. The molecule has 0 bridgehead atoms. The monoisotopic (exact) mass is 398 g/mol. The van der Waals surface area contributed by atoms with Crippen LogP contribution in [0.25, 0.3) is 0 Å². The summed E-state index contributed by atoms with van der Waals surface area (Å²) in [6.07, 6.45) is 0. The number of benzene rings is 3. The van der Waals surface area contributed by atoms with Crippen LogP contribution in [0.3, 0.4) is 0 Å². The van der Waals surface area contributed by atoms with Gasteiger partial charge in [-0.1, -0.05) is 35.9 Å². The van der Waals surface area contributed by atoms with E-state index in [2.05, 4.69) is 10.6 Å². The van der Waals surface area contributed by atoms with Gasteiger partial charge in [-0.3, -0.25) is 4.79 Å². The van der Waals surface area contributed by atoms with Gasteiger partial charge in [-0.2, -0.15) is 0 Å². The average molecular weight is 399 g/mol. The Kier molecular flexibility index (Phi) is 6.50. The molecule has 0 atom stereocenters. The zero-order valence-electron chi connectivity index (χ0n) is 15.3. The van der Waals surface area contributed by atoms with Crippen LogP contribution in [0.2, 0.25) is 5.02 Å². The summed E-state index contributed by atoms with van der Waals surface area (Å²) in [6.45, 7) is 2.29. The molecule has 0 radical (unpaired) electrons. The number of nitrogens with one attached hydrogen (secondary N) is 2. The van der Waals surface area contributed by atoms with E-state index in [4.69, 9.17) is 16.3 Å². The molecule has 0 aromatic heterocycles. The fraction of sp³-hybridized carbons (Fsp3) is 0.136. The smallest absolute Gasteiger partial charge is 0.221 e. The fourth-order valence-corrected chi connectivity index (χ4v) is 2.88. The van der Waals surface area contributed by atoms with Gasteiger partial charge in [0, 0.05) is 36.0 Å². The van der Waals surface area contributed by atoms with Crippen LogP contribution in [-0.4, -0.2) is 5.91 Å². The summed E-state index contributed by atoms with van der Waals surface area (Å²) < 4.78 is 19.1. The molecule has 0 aliphatic rings. The van der Waals surface area contributed by atoms with Gasteiger partial charge in [0.1, 0.15) is 18.2 Å². The molecule has 3 aromatic rings. The quantitative estimate of drug-likeness (QED) is 0.542. The van der Waals surface area contributed by atoms with E-state index in [0.717, 1.165) is 28.3 Å². The number of ether oxygens (including phenoxy) is 1. The van der Waals surface area contributed by atoms with Crippen LogP contribution in [0.15, 0.2) is 66.7 Å². The van der Waals surface area contributed by atoms with Crippen molar-refractivity contribution in [2.45, 2.75) is 20.1 Å². The van der Waals surface area contributed by atoms with Crippen molar-refractivity contribution in [2.24, 2.45) is 0 Å². The van der Waals surface area contributed by atoms with E-state index < -0.39 is 0 Å². The Balaban J connectivity index is 1.62. The van der Waals surface area contributed by atoms with Crippen molar-refractivity contribution in [1.82, 2.24) is 0 Å². The molecule has 0 unspecified atom stereocenters. The lowest BCUT2D eigenvalue weighted by Gasteiger charge is -2.14. The predicted octanol–water partition coefficient (Wildman–Crippen LogP) is 5.63. The van der Waals surface area contributed by atoms with E-state index in [1.807, 2.05) is 48.5 Å². The maximum atomic E-state index is 13.2.